The number of hydrogen-bond donors (Lipinski definition) is 1. The molecule has 2 aliphatic heterocycles. The lowest BCUT2D eigenvalue weighted by Gasteiger charge is -2.31. The van der Waals surface area contributed by atoms with Gasteiger partial charge in [-0.1, -0.05) is 6.07 Å². The third-order valence-corrected chi connectivity index (χ3v) is 7.67. The van der Waals surface area contributed by atoms with Gasteiger partial charge in [-0.05, 0) is 55.7 Å². The van der Waals surface area contributed by atoms with Gasteiger partial charge in [0.15, 0.2) is 23.1 Å². The third kappa shape index (κ3) is 4.56. The molecule has 2 aromatic carbocycles. The summed E-state index contributed by atoms with van der Waals surface area (Å²) in [5.41, 5.74) is 0.876. The molecule has 4 rings (SSSR count). The Morgan fingerprint density at radius 3 is 2.41 bits per heavy atom. The van der Waals surface area contributed by atoms with Crippen LogP contribution in [0.2, 0.25) is 0 Å². The molecule has 0 radical (unpaired) electrons. The Balaban J connectivity index is 1.35. The van der Waals surface area contributed by atoms with Crippen molar-refractivity contribution in [3.8, 4) is 11.5 Å². The molecule has 0 unspecified atom stereocenters. The summed E-state index contributed by atoms with van der Waals surface area (Å²) >= 11 is 0. The van der Waals surface area contributed by atoms with Gasteiger partial charge in [0.2, 0.25) is 15.9 Å². The van der Waals surface area contributed by atoms with Crippen LogP contribution in [-0.4, -0.2) is 44.9 Å². The summed E-state index contributed by atoms with van der Waals surface area (Å²) in [6.07, 6.45) is 0.672. The Hall–Kier alpha value is -2.72. The van der Waals surface area contributed by atoms with Crippen molar-refractivity contribution in [1.82, 2.24) is 9.62 Å². The van der Waals surface area contributed by atoms with Crippen molar-refractivity contribution in [1.29, 1.82) is 0 Å². The van der Waals surface area contributed by atoms with Gasteiger partial charge in [0.05, 0.1) is 10.9 Å². The molecule has 1 amide bonds. The number of carbonyl (C=O) groups excluding carboxylic acids is 1. The van der Waals surface area contributed by atoms with Gasteiger partial charge in [-0.3, -0.25) is 4.79 Å². The minimum atomic E-state index is -3.96. The van der Waals surface area contributed by atoms with Gasteiger partial charge in [-0.2, -0.15) is 4.31 Å². The molecule has 32 heavy (non-hydrogen) atoms. The maximum absolute atomic E-state index is 13.5. The Morgan fingerprint density at radius 1 is 1.03 bits per heavy atom. The van der Waals surface area contributed by atoms with Crippen molar-refractivity contribution >= 4 is 15.9 Å². The normalized spacial score (nSPS) is 18.2. The predicted octanol–water partition coefficient (Wildman–Crippen LogP) is 3.01. The molecule has 1 fully saturated rings. The monoisotopic (exact) mass is 466 g/mol. The van der Waals surface area contributed by atoms with Crippen molar-refractivity contribution in [2.24, 2.45) is 5.92 Å². The maximum Gasteiger partial charge on any atom is 0.243 e. The molecule has 172 valence electrons. The van der Waals surface area contributed by atoms with Crippen molar-refractivity contribution in [2.45, 2.75) is 30.7 Å². The van der Waals surface area contributed by atoms with Crippen molar-refractivity contribution in [2.75, 3.05) is 26.3 Å². The van der Waals surface area contributed by atoms with Crippen LogP contribution in [0.25, 0.3) is 0 Å². The predicted molar refractivity (Wildman–Crippen MR) is 112 cm³/mol. The smallest absolute Gasteiger partial charge is 0.243 e. The molecular formula is C22H24F2N2O5S. The zero-order valence-corrected chi connectivity index (χ0v) is 18.3. The number of fused-ring (bicyclic) bond motifs is 1. The van der Waals surface area contributed by atoms with Gasteiger partial charge in [-0.25, -0.2) is 17.2 Å². The van der Waals surface area contributed by atoms with Crippen LogP contribution in [0.4, 0.5) is 8.78 Å². The number of carbonyl (C=O) groups is 1. The lowest BCUT2D eigenvalue weighted by Crippen LogP contribution is -2.43. The quantitative estimate of drug-likeness (QED) is 0.732. The second kappa shape index (κ2) is 9.03. The minimum absolute atomic E-state index is 0.123. The van der Waals surface area contributed by atoms with Gasteiger partial charge in [0.1, 0.15) is 13.2 Å². The maximum atomic E-state index is 13.5. The molecule has 0 aromatic heterocycles. The molecule has 10 heteroatoms. The molecule has 2 aromatic rings. The Morgan fingerprint density at radius 2 is 1.72 bits per heavy atom. The van der Waals surface area contributed by atoms with Crippen LogP contribution in [0.1, 0.15) is 31.4 Å². The largest absolute Gasteiger partial charge is 0.486 e. The van der Waals surface area contributed by atoms with E-state index in [0.29, 0.717) is 43.6 Å². The molecule has 0 saturated carbocycles. The van der Waals surface area contributed by atoms with Gasteiger partial charge >= 0.3 is 0 Å². The first-order valence-electron chi connectivity index (χ1n) is 10.4. The van der Waals surface area contributed by atoms with E-state index in [0.717, 1.165) is 17.7 Å². The topological polar surface area (TPSA) is 84.9 Å². The number of nitrogens with one attached hydrogen (secondary N) is 1. The average molecular weight is 467 g/mol. The van der Waals surface area contributed by atoms with E-state index in [9.17, 15) is 22.0 Å². The molecule has 2 heterocycles. The molecule has 1 N–H and O–H groups in total. The second-order valence-electron chi connectivity index (χ2n) is 7.89. The van der Waals surface area contributed by atoms with Crippen molar-refractivity contribution in [3.05, 3.63) is 53.6 Å². The van der Waals surface area contributed by atoms with Crippen LogP contribution >= 0.6 is 0 Å². The van der Waals surface area contributed by atoms with Crippen molar-refractivity contribution < 1.29 is 31.5 Å². The minimum Gasteiger partial charge on any atom is -0.486 e. The lowest BCUT2D eigenvalue weighted by molar-refractivity contribution is -0.126. The van der Waals surface area contributed by atoms with E-state index in [1.807, 2.05) is 25.1 Å². The van der Waals surface area contributed by atoms with Crippen LogP contribution in [0.3, 0.4) is 0 Å². The van der Waals surface area contributed by atoms with Crippen LogP contribution in [0.15, 0.2) is 41.3 Å². The number of ether oxygens (including phenoxy) is 2. The summed E-state index contributed by atoms with van der Waals surface area (Å²) in [5, 5.41) is 2.98. The summed E-state index contributed by atoms with van der Waals surface area (Å²) in [6.45, 7) is 3.09. The average Bonchev–Trinajstić information content (AvgIpc) is 2.80. The summed E-state index contributed by atoms with van der Waals surface area (Å²) < 4.78 is 64.4. The first-order valence-corrected chi connectivity index (χ1v) is 11.8. The van der Waals surface area contributed by atoms with Crippen LogP contribution < -0.4 is 14.8 Å². The fourth-order valence-electron chi connectivity index (χ4n) is 3.89. The lowest BCUT2D eigenvalue weighted by atomic mass is 9.96. The standard InChI is InChI=1S/C22H24F2N2O5S/c1-14(16-2-5-20-21(12-16)31-11-10-30-20)25-22(27)15-6-8-26(9-7-15)32(28,29)17-3-4-18(23)19(24)13-17/h2-5,12-15H,6-11H2,1H3,(H,25,27)/t14-/m0/s1. The SMILES string of the molecule is C[C@H](NC(=O)C1CCN(S(=O)(=O)c2ccc(F)c(F)c2)CC1)c1ccc2c(c1)OCCO2. The van der Waals surface area contributed by atoms with E-state index >= 15 is 0 Å². The molecular weight excluding hydrogens is 442 g/mol. The third-order valence-electron chi connectivity index (χ3n) is 5.78. The van der Waals surface area contributed by atoms with E-state index in [4.69, 9.17) is 9.47 Å². The molecule has 2 aliphatic rings. The number of rotatable bonds is 5. The fourth-order valence-corrected chi connectivity index (χ4v) is 5.37. The van der Waals surface area contributed by atoms with Gasteiger partial charge in [-0.15, -0.1) is 0 Å². The zero-order chi connectivity index (χ0) is 22.9. The summed E-state index contributed by atoms with van der Waals surface area (Å²) in [7, 11) is -3.96. The van der Waals surface area contributed by atoms with E-state index in [1.54, 1.807) is 0 Å². The number of benzene rings is 2. The molecule has 0 bridgehead atoms. The molecule has 1 atom stereocenters. The number of amides is 1. The molecule has 7 nitrogen and oxygen atoms in total. The summed E-state index contributed by atoms with van der Waals surface area (Å²) in [4.78, 5) is 12.5. The first kappa shape index (κ1) is 22.5. The Kier molecular flexibility index (Phi) is 6.34. The van der Waals surface area contributed by atoms with Crippen molar-refractivity contribution in [3.63, 3.8) is 0 Å². The number of sulfonamides is 1. The van der Waals surface area contributed by atoms with E-state index in [1.165, 1.54) is 4.31 Å². The summed E-state index contributed by atoms with van der Waals surface area (Å²) in [5.74, 6) is -1.50. The molecule has 0 aliphatic carbocycles. The van der Waals surface area contributed by atoms with Crippen LogP contribution in [0.5, 0.6) is 11.5 Å². The van der Waals surface area contributed by atoms with Gasteiger partial charge in [0, 0.05) is 19.0 Å². The van der Waals surface area contributed by atoms with Crippen LogP contribution in [0, 0.1) is 17.6 Å². The fraction of sp³-hybridized carbons (Fsp3) is 0.409. The highest BCUT2D eigenvalue weighted by atomic mass is 32.2. The number of nitrogens with zero attached hydrogens (tertiary/aromatic N) is 1. The second-order valence-corrected chi connectivity index (χ2v) is 9.83. The number of hydrogen-bond acceptors (Lipinski definition) is 5. The van der Waals surface area contributed by atoms with Gasteiger partial charge in [0.25, 0.3) is 0 Å². The number of halogens is 2. The Bertz CT molecular complexity index is 1120. The summed E-state index contributed by atoms with van der Waals surface area (Å²) in [6, 6.07) is 7.78. The first-order chi connectivity index (χ1) is 15.3. The zero-order valence-electron chi connectivity index (χ0n) is 17.5. The van der Waals surface area contributed by atoms with E-state index in [-0.39, 0.29) is 35.9 Å². The molecule has 0 spiro atoms. The molecule has 1 saturated heterocycles. The highest BCUT2D eigenvalue weighted by Gasteiger charge is 2.33. The van der Waals surface area contributed by atoms with Crippen LogP contribution in [-0.2, 0) is 14.8 Å². The highest BCUT2D eigenvalue weighted by Crippen LogP contribution is 2.33. The van der Waals surface area contributed by atoms with E-state index < -0.39 is 21.7 Å². The number of piperidine rings is 1. The van der Waals surface area contributed by atoms with E-state index in [2.05, 4.69) is 5.32 Å². The Labute approximate surface area is 185 Å². The van der Waals surface area contributed by atoms with Gasteiger partial charge < -0.3 is 14.8 Å². The highest BCUT2D eigenvalue weighted by molar-refractivity contribution is 7.89.